The summed E-state index contributed by atoms with van der Waals surface area (Å²) in [7, 11) is 1.63. The van der Waals surface area contributed by atoms with E-state index in [1.807, 2.05) is 27.2 Å². The van der Waals surface area contributed by atoms with Crippen molar-refractivity contribution in [2.45, 2.75) is 206 Å². The standard InChI is InChI=1S/C46H88NO7P/c1-6-8-10-12-14-16-18-20-22-24-25-27-29-31-33-35-37-39-46(48)54-45(44-53-55(49,50)52-42-40-47(3,4)5)43-51-41-38-36-34-32-30-28-26-23-21-19-17-15-13-11-9-7-2/h14,16,20,22,38,41,45H,6-13,15,17-19,21,23-37,39-40,42-44H2,1-5H3/p+1/b16-14+,22-20+,41-38+/t45-/m1/s1. The number of hydrogen-bond donors (Lipinski definition) is 1. The molecule has 0 aliphatic carbocycles. The third-order valence-corrected chi connectivity index (χ3v) is 10.8. The first-order valence-corrected chi connectivity index (χ1v) is 24.3. The number of esters is 1. The molecule has 0 heterocycles. The van der Waals surface area contributed by atoms with Crippen LogP contribution in [0.4, 0.5) is 0 Å². The Bertz CT molecular complexity index is 978. The molecule has 0 amide bonds. The molecule has 0 aromatic rings. The lowest BCUT2D eigenvalue weighted by atomic mass is 10.0. The first-order valence-electron chi connectivity index (χ1n) is 22.8. The molecule has 0 saturated heterocycles. The van der Waals surface area contributed by atoms with Crippen molar-refractivity contribution >= 4 is 13.8 Å². The van der Waals surface area contributed by atoms with E-state index < -0.39 is 13.9 Å². The second-order valence-electron chi connectivity index (χ2n) is 16.5. The summed E-state index contributed by atoms with van der Waals surface area (Å²) in [6, 6.07) is 0. The molecule has 8 nitrogen and oxygen atoms in total. The van der Waals surface area contributed by atoms with Gasteiger partial charge in [-0.1, -0.05) is 167 Å². The van der Waals surface area contributed by atoms with Gasteiger partial charge in [-0.05, 0) is 57.4 Å². The van der Waals surface area contributed by atoms with Crippen molar-refractivity contribution in [2.75, 3.05) is 47.5 Å². The van der Waals surface area contributed by atoms with Crippen molar-refractivity contribution in [3.63, 3.8) is 0 Å². The Morgan fingerprint density at radius 2 is 1.02 bits per heavy atom. The number of carbonyl (C=O) groups is 1. The van der Waals surface area contributed by atoms with Gasteiger partial charge >= 0.3 is 13.8 Å². The first-order chi connectivity index (χ1) is 26.6. The lowest BCUT2D eigenvalue weighted by Crippen LogP contribution is -2.37. The number of allylic oxidation sites excluding steroid dienone is 5. The van der Waals surface area contributed by atoms with E-state index in [1.54, 1.807) is 6.26 Å². The largest absolute Gasteiger partial charge is 0.498 e. The second kappa shape index (κ2) is 39.4. The van der Waals surface area contributed by atoms with Gasteiger partial charge in [0, 0.05) is 6.42 Å². The quantitative estimate of drug-likeness (QED) is 0.0164. The minimum absolute atomic E-state index is 0.0464. The fourth-order valence-corrected chi connectivity index (χ4v) is 6.94. The van der Waals surface area contributed by atoms with E-state index in [9.17, 15) is 14.3 Å². The van der Waals surface area contributed by atoms with E-state index in [-0.39, 0.29) is 25.8 Å². The van der Waals surface area contributed by atoms with Crippen molar-refractivity contribution in [2.24, 2.45) is 0 Å². The first kappa shape index (κ1) is 53.6. The summed E-state index contributed by atoms with van der Waals surface area (Å²) >= 11 is 0. The van der Waals surface area contributed by atoms with Crippen molar-refractivity contribution in [3.05, 3.63) is 36.6 Å². The molecule has 0 bridgehead atoms. The van der Waals surface area contributed by atoms with E-state index >= 15 is 0 Å². The minimum Gasteiger partial charge on any atom is -0.498 e. The lowest BCUT2D eigenvalue weighted by molar-refractivity contribution is -0.870. The van der Waals surface area contributed by atoms with E-state index in [4.69, 9.17) is 18.5 Å². The molecule has 2 atom stereocenters. The lowest BCUT2D eigenvalue weighted by Gasteiger charge is -2.24. The highest BCUT2D eigenvalue weighted by Gasteiger charge is 2.26. The summed E-state index contributed by atoms with van der Waals surface area (Å²) in [5.41, 5.74) is 0. The topological polar surface area (TPSA) is 91.3 Å². The number of phosphoric ester groups is 1. The number of unbranched alkanes of at least 4 members (excludes halogenated alkanes) is 24. The van der Waals surface area contributed by atoms with Gasteiger partial charge in [-0.25, -0.2) is 4.57 Å². The number of ether oxygens (including phenoxy) is 2. The van der Waals surface area contributed by atoms with Crippen LogP contribution in [0.1, 0.15) is 200 Å². The minimum atomic E-state index is -4.29. The van der Waals surface area contributed by atoms with Gasteiger partial charge in [0.15, 0.2) is 6.10 Å². The number of hydrogen-bond acceptors (Lipinski definition) is 6. The van der Waals surface area contributed by atoms with E-state index in [0.717, 1.165) is 44.9 Å². The molecular formula is C46H89NO7P+. The normalized spacial score (nSPS) is 14.0. The van der Waals surface area contributed by atoms with Crippen LogP contribution in [-0.4, -0.2) is 69.0 Å². The maximum Gasteiger partial charge on any atom is 0.472 e. The zero-order chi connectivity index (χ0) is 40.6. The van der Waals surface area contributed by atoms with E-state index in [0.29, 0.717) is 17.4 Å². The van der Waals surface area contributed by atoms with Crippen molar-refractivity contribution in [3.8, 4) is 0 Å². The Kier molecular flexibility index (Phi) is 38.4. The number of nitrogens with zero attached hydrogens (tertiary/aromatic N) is 1. The van der Waals surface area contributed by atoms with Gasteiger partial charge in [0.2, 0.25) is 0 Å². The van der Waals surface area contributed by atoms with Crippen LogP contribution in [0.25, 0.3) is 0 Å². The molecular weight excluding hydrogens is 709 g/mol. The molecule has 0 rings (SSSR count). The third kappa shape index (κ3) is 43.5. The van der Waals surface area contributed by atoms with Crippen LogP contribution in [0.15, 0.2) is 36.6 Å². The molecule has 55 heavy (non-hydrogen) atoms. The third-order valence-electron chi connectivity index (χ3n) is 9.77. The molecule has 0 aromatic carbocycles. The average Bonchev–Trinajstić information content (AvgIpc) is 3.13. The maximum atomic E-state index is 12.7. The predicted molar refractivity (Wildman–Crippen MR) is 233 cm³/mol. The smallest absolute Gasteiger partial charge is 0.472 e. The van der Waals surface area contributed by atoms with Crippen LogP contribution in [0.5, 0.6) is 0 Å². The molecule has 9 heteroatoms. The van der Waals surface area contributed by atoms with Gasteiger partial charge in [-0.2, -0.15) is 0 Å². The van der Waals surface area contributed by atoms with Crippen molar-refractivity contribution < 1.29 is 37.3 Å². The van der Waals surface area contributed by atoms with Gasteiger partial charge < -0.3 is 18.9 Å². The van der Waals surface area contributed by atoms with Gasteiger partial charge in [0.05, 0.1) is 34.0 Å². The van der Waals surface area contributed by atoms with Crippen LogP contribution in [0.2, 0.25) is 0 Å². The fraction of sp³-hybridized carbons (Fsp3) is 0.848. The zero-order valence-corrected chi connectivity index (χ0v) is 37.6. The molecule has 324 valence electrons. The Balaban J connectivity index is 4.27. The zero-order valence-electron chi connectivity index (χ0n) is 36.7. The Hall–Kier alpha value is -1.44. The van der Waals surface area contributed by atoms with Gasteiger partial charge in [0.1, 0.15) is 19.8 Å². The Labute approximate surface area is 340 Å². The van der Waals surface area contributed by atoms with E-state index in [1.165, 1.54) is 135 Å². The summed E-state index contributed by atoms with van der Waals surface area (Å²) in [5.74, 6) is -0.343. The molecule has 1 unspecified atom stereocenters. The summed E-state index contributed by atoms with van der Waals surface area (Å²) in [6.07, 6.45) is 47.0. The van der Waals surface area contributed by atoms with Crippen LogP contribution in [-0.2, 0) is 27.9 Å². The SMILES string of the molecule is CCCCC/C=C/C/C=C/CCCCCCCCCC(=O)O[C@H](CO/C=C/CCCCCCCCCCCCCCCC)COP(=O)(O)OCC[N+](C)(C)C. The van der Waals surface area contributed by atoms with E-state index in [2.05, 4.69) is 38.2 Å². The summed E-state index contributed by atoms with van der Waals surface area (Å²) < 4.78 is 34.8. The molecule has 0 aliphatic heterocycles. The molecule has 0 radical (unpaired) electrons. The van der Waals surface area contributed by atoms with Crippen LogP contribution < -0.4 is 0 Å². The van der Waals surface area contributed by atoms with Crippen LogP contribution in [0, 0.1) is 0 Å². The maximum absolute atomic E-state index is 12.7. The molecule has 0 spiro atoms. The predicted octanol–water partition coefficient (Wildman–Crippen LogP) is 13.7. The average molecular weight is 799 g/mol. The number of carbonyl (C=O) groups excluding carboxylic acids is 1. The van der Waals surface area contributed by atoms with Crippen molar-refractivity contribution in [1.29, 1.82) is 0 Å². The van der Waals surface area contributed by atoms with Gasteiger partial charge in [-0.3, -0.25) is 13.8 Å². The summed E-state index contributed by atoms with van der Waals surface area (Å²) in [6.45, 7) is 4.91. The Morgan fingerprint density at radius 1 is 0.582 bits per heavy atom. The van der Waals surface area contributed by atoms with Gasteiger partial charge in [-0.15, -0.1) is 0 Å². The highest BCUT2D eigenvalue weighted by molar-refractivity contribution is 7.47. The molecule has 0 aromatic heterocycles. The van der Waals surface area contributed by atoms with Gasteiger partial charge in [0.25, 0.3) is 0 Å². The monoisotopic (exact) mass is 799 g/mol. The fourth-order valence-electron chi connectivity index (χ4n) is 6.20. The van der Waals surface area contributed by atoms with Crippen LogP contribution in [0.3, 0.4) is 0 Å². The number of likely N-dealkylation sites (N-methyl/N-ethyl adjacent to an activating group) is 1. The number of quaternary nitrogens is 1. The number of rotatable bonds is 42. The Morgan fingerprint density at radius 3 is 1.53 bits per heavy atom. The second-order valence-corrected chi connectivity index (χ2v) is 18.0. The highest BCUT2D eigenvalue weighted by atomic mass is 31.2. The number of phosphoric acid groups is 1. The molecule has 0 fully saturated rings. The van der Waals surface area contributed by atoms with Crippen molar-refractivity contribution in [1.82, 2.24) is 0 Å². The van der Waals surface area contributed by atoms with Crippen LogP contribution >= 0.6 is 7.82 Å². The molecule has 1 N–H and O–H groups in total. The highest BCUT2D eigenvalue weighted by Crippen LogP contribution is 2.43. The molecule has 0 saturated carbocycles. The summed E-state index contributed by atoms with van der Waals surface area (Å²) in [4.78, 5) is 22.9. The summed E-state index contributed by atoms with van der Waals surface area (Å²) in [5, 5.41) is 0. The molecule has 0 aliphatic rings.